The van der Waals surface area contributed by atoms with Crippen LogP contribution < -0.4 is 4.74 Å². The predicted molar refractivity (Wildman–Crippen MR) is 136 cm³/mol. The lowest BCUT2D eigenvalue weighted by Gasteiger charge is -2.37. The number of aromatic nitrogens is 1. The van der Waals surface area contributed by atoms with Crippen LogP contribution in [0.15, 0.2) is 48.7 Å². The Hall–Kier alpha value is -3.13. The van der Waals surface area contributed by atoms with Gasteiger partial charge in [0.2, 0.25) is 0 Å². The zero-order chi connectivity index (χ0) is 26.4. The molecule has 1 aliphatic rings. The van der Waals surface area contributed by atoms with Crippen molar-refractivity contribution in [3.63, 3.8) is 0 Å². The number of aliphatic carboxylic acids is 1. The Morgan fingerprint density at radius 3 is 2.84 bits per heavy atom. The summed E-state index contributed by atoms with van der Waals surface area (Å²) in [7, 11) is 1.56. The first-order valence-corrected chi connectivity index (χ1v) is 12.8. The number of carbonyl (C=O) groups is 1. The van der Waals surface area contributed by atoms with E-state index in [2.05, 4.69) is 9.88 Å². The monoisotopic (exact) mass is 514 g/mol. The van der Waals surface area contributed by atoms with Gasteiger partial charge in [-0.25, -0.2) is 13.2 Å². The largest absolute Gasteiger partial charge is 0.497 e. The number of rotatable bonds is 11. The lowest BCUT2D eigenvalue weighted by molar-refractivity contribution is -0.146. The van der Waals surface area contributed by atoms with Gasteiger partial charge >= 0.3 is 5.97 Å². The number of alkyl halides is 1. The molecule has 198 valence electrons. The van der Waals surface area contributed by atoms with E-state index in [0.717, 1.165) is 19.0 Å². The number of methoxy groups -OCH3 is 1. The molecule has 3 atom stereocenters. The van der Waals surface area contributed by atoms with Gasteiger partial charge in [-0.2, -0.15) is 0 Å². The maximum Gasteiger partial charge on any atom is 0.308 e. The molecule has 0 aliphatic carbocycles. The topological polar surface area (TPSA) is 62.7 Å². The highest BCUT2D eigenvalue weighted by Crippen LogP contribution is 2.35. The first-order chi connectivity index (χ1) is 17.9. The first-order valence-electron chi connectivity index (χ1n) is 12.8. The minimum Gasteiger partial charge on any atom is -0.497 e. The van der Waals surface area contributed by atoms with Crippen LogP contribution in [0.25, 0.3) is 10.9 Å². The van der Waals surface area contributed by atoms with Gasteiger partial charge in [0.15, 0.2) is 11.6 Å². The summed E-state index contributed by atoms with van der Waals surface area (Å²) in [5, 5.41) is 10.6. The standard InChI is InChI=1S/C29H33F3N2O3/c1-37-21-9-11-27-23(17-21)22(12-14-33-27)25(30)10-8-19-13-16-34(18-24(19)29(35)36)15-3-2-5-20-6-4-7-26(31)28(20)32/h4,6-7,9,11-12,14,17,19,24-25H,2-3,5,8,10,13,15-16,18H2,1H3,(H,35,36)/t19-,24+,25-/m1/s1. The van der Waals surface area contributed by atoms with Crippen molar-refractivity contribution in [1.29, 1.82) is 0 Å². The van der Waals surface area contributed by atoms with Gasteiger partial charge < -0.3 is 14.7 Å². The Morgan fingerprint density at radius 2 is 2.05 bits per heavy atom. The van der Waals surface area contributed by atoms with Gasteiger partial charge in [-0.15, -0.1) is 0 Å². The number of piperidine rings is 1. The first kappa shape index (κ1) is 26.9. The van der Waals surface area contributed by atoms with Crippen LogP contribution in [0, 0.1) is 23.5 Å². The molecule has 0 spiro atoms. The number of carboxylic acid groups (broad SMARTS) is 1. The molecule has 1 fully saturated rings. The van der Waals surface area contributed by atoms with Gasteiger partial charge in [-0.05, 0) is 99.0 Å². The maximum absolute atomic E-state index is 15.4. The molecular weight excluding hydrogens is 481 g/mol. The fraction of sp³-hybridized carbons (Fsp3) is 0.448. The second-order valence-electron chi connectivity index (χ2n) is 9.79. The number of benzene rings is 2. The highest BCUT2D eigenvalue weighted by atomic mass is 19.2. The Balaban J connectivity index is 1.30. The van der Waals surface area contributed by atoms with Gasteiger partial charge in [-0.3, -0.25) is 9.78 Å². The minimum absolute atomic E-state index is 0.101. The molecule has 0 saturated carbocycles. The van der Waals surface area contributed by atoms with Gasteiger partial charge in [0.1, 0.15) is 11.9 Å². The molecule has 5 nitrogen and oxygen atoms in total. The van der Waals surface area contributed by atoms with Gasteiger partial charge in [-0.1, -0.05) is 12.1 Å². The number of carboxylic acids is 1. The summed E-state index contributed by atoms with van der Waals surface area (Å²) < 4.78 is 47.9. The van der Waals surface area contributed by atoms with Crippen molar-refractivity contribution in [1.82, 2.24) is 9.88 Å². The highest BCUT2D eigenvalue weighted by Gasteiger charge is 2.34. The highest BCUT2D eigenvalue weighted by molar-refractivity contribution is 5.83. The lowest BCUT2D eigenvalue weighted by atomic mass is 9.81. The molecule has 8 heteroatoms. The van der Waals surface area contributed by atoms with Crippen LogP contribution in [-0.2, 0) is 11.2 Å². The van der Waals surface area contributed by atoms with Crippen molar-refractivity contribution in [3.8, 4) is 5.75 Å². The average Bonchev–Trinajstić information content (AvgIpc) is 2.91. The summed E-state index contributed by atoms with van der Waals surface area (Å²) in [5.74, 6) is -2.51. The number of halogens is 3. The maximum atomic E-state index is 15.4. The van der Waals surface area contributed by atoms with Crippen LogP contribution in [0.3, 0.4) is 0 Å². The smallest absolute Gasteiger partial charge is 0.308 e. The third-order valence-corrected chi connectivity index (χ3v) is 7.47. The second kappa shape index (κ2) is 12.4. The summed E-state index contributed by atoms with van der Waals surface area (Å²) in [6.07, 6.45) is 3.67. The summed E-state index contributed by atoms with van der Waals surface area (Å²) in [6.45, 7) is 1.86. The predicted octanol–water partition coefficient (Wildman–Crippen LogP) is 6.36. The summed E-state index contributed by atoms with van der Waals surface area (Å²) in [4.78, 5) is 18.5. The van der Waals surface area contributed by atoms with Crippen molar-refractivity contribution in [3.05, 3.63) is 71.4 Å². The number of likely N-dealkylation sites (tertiary alicyclic amines) is 1. The zero-order valence-electron chi connectivity index (χ0n) is 21.0. The van der Waals surface area contributed by atoms with E-state index >= 15 is 4.39 Å². The Kier molecular flexibility index (Phi) is 9.03. The third kappa shape index (κ3) is 6.60. The molecule has 4 rings (SSSR count). The molecule has 0 amide bonds. The van der Waals surface area contributed by atoms with Crippen LogP contribution in [0.5, 0.6) is 5.75 Å². The molecular formula is C29H33F3N2O3. The van der Waals surface area contributed by atoms with Crippen molar-refractivity contribution >= 4 is 16.9 Å². The molecule has 0 bridgehead atoms. The molecule has 37 heavy (non-hydrogen) atoms. The zero-order valence-corrected chi connectivity index (χ0v) is 21.0. The molecule has 2 heterocycles. The number of unbranched alkanes of at least 4 members (excludes halogenated alkanes) is 1. The summed E-state index contributed by atoms with van der Waals surface area (Å²) in [5.41, 5.74) is 1.60. The Bertz CT molecular complexity index is 1220. The molecule has 1 aromatic heterocycles. The SMILES string of the molecule is COc1ccc2nccc([C@H](F)CC[C@@H]3CCN(CCCCc4cccc(F)c4F)C[C@@H]3C(=O)O)c2c1. The molecule has 0 unspecified atom stereocenters. The fourth-order valence-electron chi connectivity index (χ4n) is 5.35. The van der Waals surface area contributed by atoms with Gasteiger partial charge in [0, 0.05) is 18.1 Å². The number of aryl methyl sites for hydroxylation is 1. The van der Waals surface area contributed by atoms with Crippen LogP contribution >= 0.6 is 0 Å². The van der Waals surface area contributed by atoms with E-state index in [1.807, 2.05) is 0 Å². The van der Waals surface area contributed by atoms with Crippen molar-refractivity contribution in [2.75, 3.05) is 26.7 Å². The Morgan fingerprint density at radius 1 is 1.22 bits per heavy atom. The van der Waals surface area contributed by atoms with Gasteiger partial charge in [0.25, 0.3) is 0 Å². The molecule has 3 aromatic rings. The van der Waals surface area contributed by atoms with Crippen molar-refractivity contribution < 1.29 is 27.8 Å². The lowest BCUT2D eigenvalue weighted by Crippen LogP contribution is -2.44. The van der Waals surface area contributed by atoms with Crippen LogP contribution in [0.2, 0.25) is 0 Å². The number of hydrogen-bond donors (Lipinski definition) is 1. The van der Waals surface area contributed by atoms with Crippen molar-refractivity contribution in [2.45, 2.75) is 44.7 Å². The Labute approximate surface area is 215 Å². The summed E-state index contributed by atoms with van der Waals surface area (Å²) >= 11 is 0. The van der Waals surface area contributed by atoms with Crippen LogP contribution in [-0.4, -0.2) is 47.7 Å². The fourth-order valence-corrected chi connectivity index (χ4v) is 5.35. The number of ether oxygens (including phenoxy) is 1. The average molecular weight is 515 g/mol. The normalized spacial score (nSPS) is 19.1. The molecule has 1 saturated heterocycles. The van der Waals surface area contributed by atoms with E-state index < -0.39 is 29.7 Å². The molecule has 0 radical (unpaired) electrons. The van der Waals surface area contributed by atoms with E-state index in [9.17, 15) is 18.7 Å². The van der Waals surface area contributed by atoms with E-state index in [1.54, 1.807) is 43.6 Å². The second-order valence-corrected chi connectivity index (χ2v) is 9.79. The van der Waals surface area contributed by atoms with Crippen LogP contribution in [0.1, 0.15) is 49.4 Å². The van der Waals surface area contributed by atoms with Crippen molar-refractivity contribution in [2.24, 2.45) is 11.8 Å². The molecule has 1 aliphatic heterocycles. The third-order valence-electron chi connectivity index (χ3n) is 7.47. The molecule has 2 aromatic carbocycles. The minimum atomic E-state index is -1.23. The van der Waals surface area contributed by atoms with E-state index in [1.165, 1.54) is 6.07 Å². The summed E-state index contributed by atoms with van der Waals surface area (Å²) in [6, 6.07) is 11.3. The van der Waals surface area contributed by atoms with E-state index in [4.69, 9.17) is 4.74 Å². The number of fused-ring (bicyclic) bond motifs is 1. The van der Waals surface area contributed by atoms with E-state index in [-0.39, 0.29) is 12.3 Å². The number of nitrogens with zero attached hydrogens (tertiary/aromatic N) is 2. The molecule has 1 N–H and O–H groups in total. The van der Waals surface area contributed by atoms with Crippen LogP contribution in [0.4, 0.5) is 13.2 Å². The number of hydrogen-bond acceptors (Lipinski definition) is 4. The number of pyridine rings is 1. The quantitative estimate of drug-likeness (QED) is 0.302. The van der Waals surface area contributed by atoms with E-state index in [0.29, 0.717) is 66.6 Å². The van der Waals surface area contributed by atoms with Gasteiger partial charge in [0.05, 0.1) is 18.5 Å².